The molecule has 3 rings (SSSR count). The zero-order valence-corrected chi connectivity index (χ0v) is 14.1. The third-order valence-electron chi connectivity index (χ3n) is 4.44. The maximum Gasteiger partial charge on any atom is 0.0332 e. The number of hydrogen-bond acceptors (Lipinski definition) is 3. The van der Waals surface area contributed by atoms with Crippen LogP contribution in [0.2, 0.25) is 0 Å². The molecule has 106 valence electrons. The first-order chi connectivity index (χ1) is 9.13. The SMILES string of the molecule is CC(C)C1CN(Cc2cc(Br)cs2)C(C2CC2)CN1. The van der Waals surface area contributed by atoms with Gasteiger partial charge in [-0.2, -0.15) is 0 Å². The summed E-state index contributed by atoms with van der Waals surface area (Å²) in [6.45, 7) is 8.17. The second-order valence-corrected chi connectivity index (χ2v) is 8.24. The van der Waals surface area contributed by atoms with Crippen LogP contribution in [0, 0.1) is 11.8 Å². The molecule has 1 aliphatic carbocycles. The van der Waals surface area contributed by atoms with Crippen molar-refractivity contribution in [2.24, 2.45) is 11.8 Å². The van der Waals surface area contributed by atoms with Gasteiger partial charge in [-0.05, 0) is 46.7 Å². The topological polar surface area (TPSA) is 15.3 Å². The van der Waals surface area contributed by atoms with Gasteiger partial charge in [-0.1, -0.05) is 13.8 Å². The fraction of sp³-hybridized carbons (Fsp3) is 0.733. The molecule has 1 N–H and O–H groups in total. The van der Waals surface area contributed by atoms with Gasteiger partial charge in [0, 0.05) is 46.4 Å². The first-order valence-electron chi connectivity index (χ1n) is 7.34. The van der Waals surface area contributed by atoms with Crippen molar-refractivity contribution in [1.82, 2.24) is 10.2 Å². The molecule has 1 aliphatic heterocycles. The summed E-state index contributed by atoms with van der Waals surface area (Å²) in [5.74, 6) is 1.67. The van der Waals surface area contributed by atoms with E-state index in [1.165, 1.54) is 35.3 Å². The molecule has 2 nitrogen and oxygen atoms in total. The summed E-state index contributed by atoms with van der Waals surface area (Å²) >= 11 is 5.45. The average Bonchev–Trinajstić information content (AvgIpc) is 3.13. The Bertz CT molecular complexity index is 428. The molecule has 1 aromatic rings. The summed E-state index contributed by atoms with van der Waals surface area (Å²) in [7, 11) is 0. The number of nitrogens with zero attached hydrogens (tertiary/aromatic N) is 1. The third-order valence-corrected chi connectivity index (χ3v) is 6.12. The Morgan fingerprint density at radius 1 is 1.47 bits per heavy atom. The van der Waals surface area contributed by atoms with Crippen LogP contribution in [0.1, 0.15) is 31.6 Å². The second-order valence-electron chi connectivity index (χ2n) is 6.32. The van der Waals surface area contributed by atoms with Crippen molar-refractivity contribution >= 4 is 27.3 Å². The highest BCUT2D eigenvalue weighted by atomic mass is 79.9. The van der Waals surface area contributed by atoms with Crippen LogP contribution in [-0.2, 0) is 6.54 Å². The quantitative estimate of drug-likeness (QED) is 0.896. The molecule has 4 heteroatoms. The van der Waals surface area contributed by atoms with Gasteiger partial charge in [-0.3, -0.25) is 4.90 Å². The molecule has 0 spiro atoms. The zero-order valence-electron chi connectivity index (χ0n) is 11.7. The molecular weight excluding hydrogens is 320 g/mol. The summed E-state index contributed by atoms with van der Waals surface area (Å²) in [5.41, 5.74) is 0. The predicted molar refractivity (Wildman–Crippen MR) is 85.6 cm³/mol. The minimum Gasteiger partial charge on any atom is -0.311 e. The summed E-state index contributed by atoms with van der Waals surface area (Å²) in [5, 5.41) is 5.96. The van der Waals surface area contributed by atoms with E-state index in [4.69, 9.17) is 0 Å². The maximum atomic E-state index is 3.76. The van der Waals surface area contributed by atoms with Crippen molar-refractivity contribution in [3.05, 3.63) is 20.8 Å². The third kappa shape index (κ3) is 3.41. The maximum absolute atomic E-state index is 3.76. The number of piperazine rings is 1. The molecule has 19 heavy (non-hydrogen) atoms. The largest absolute Gasteiger partial charge is 0.311 e. The van der Waals surface area contributed by atoms with E-state index in [9.17, 15) is 0 Å². The van der Waals surface area contributed by atoms with Gasteiger partial charge in [0.05, 0.1) is 0 Å². The Morgan fingerprint density at radius 3 is 2.84 bits per heavy atom. The molecule has 1 saturated heterocycles. The molecule has 0 aromatic carbocycles. The average molecular weight is 343 g/mol. The summed E-state index contributed by atoms with van der Waals surface area (Å²) in [6, 6.07) is 3.69. The van der Waals surface area contributed by atoms with Gasteiger partial charge in [-0.25, -0.2) is 0 Å². The Labute approximate surface area is 128 Å². The van der Waals surface area contributed by atoms with Crippen molar-refractivity contribution in [2.75, 3.05) is 13.1 Å². The highest BCUT2D eigenvalue weighted by molar-refractivity contribution is 9.10. The van der Waals surface area contributed by atoms with E-state index in [0.29, 0.717) is 6.04 Å². The van der Waals surface area contributed by atoms with Gasteiger partial charge in [0.1, 0.15) is 0 Å². The van der Waals surface area contributed by atoms with Crippen molar-refractivity contribution in [1.29, 1.82) is 0 Å². The standard InChI is InChI=1S/C15H23BrN2S/c1-10(2)14-8-18(7-13-5-12(16)9-19-13)15(6-17-14)11-3-4-11/h5,9-11,14-15,17H,3-4,6-8H2,1-2H3. The van der Waals surface area contributed by atoms with Gasteiger partial charge in [0.2, 0.25) is 0 Å². The van der Waals surface area contributed by atoms with Crippen LogP contribution in [0.5, 0.6) is 0 Å². The highest BCUT2D eigenvalue weighted by Crippen LogP contribution is 2.37. The minimum atomic E-state index is 0.651. The molecule has 0 bridgehead atoms. The number of halogens is 1. The van der Waals surface area contributed by atoms with Crippen molar-refractivity contribution < 1.29 is 0 Å². The zero-order chi connectivity index (χ0) is 13.4. The van der Waals surface area contributed by atoms with E-state index in [1.807, 2.05) is 11.3 Å². The molecule has 2 unspecified atom stereocenters. The molecule has 2 atom stereocenters. The first kappa shape index (κ1) is 14.1. The molecule has 0 radical (unpaired) electrons. The minimum absolute atomic E-state index is 0.651. The van der Waals surface area contributed by atoms with Gasteiger partial charge >= 0.3 is 0 Å². The van der Waals surface area contributed by atoms with Crippen LogP contribution in [0.15, 0.2) is 15.9 Å². The number of thiophene rings is 1. The van der Waals surface area contributed by atoms with E-state index >= 15 is 0 Å². The van der Waals surface area contributed by atoms with E-state index in [1.54, 1.807) is 0 Å². The summed E-state index contributed by atoms with van der Waals surface area (Å²) in [6.07, 6.45) is 2.87. The van der Waals surface area contributed by atoms with Gasteiger partial charge < -0.3 is 5.32 Å². The first-order valence-corrected chi connectivity index (χ1v) is 9.01. The van der Waals surface area contributed by atoms with Crippen LogP contribution in [-0.4, -0.2) is 30.1 Å². The highest BCUT2D eigenvalue weighted by Gasteiger charge is 2.39. The molecule has 2 heterocycles. The van der Waals surface area contributed by atoms with Gasteiger partial charge in [0.25, 0.3) is 0 Å². The Morgan fingerprint density at radius 2 is 2.26 bits per heavy atom. The predicted octanol–water partition coefficient (Wildman–Crippen LogP) is 3.72. The van der Waals surface area contributed by atoms with Crippen LogP contribution >= 0.6 is 27.3 Å². The van der Waals surface area contributed by atoms with E-state index in [0.717, 1.165) is 24.4 Å². The van der Waals surface area contributed by atoms with Gasteiger partial charge in [0.15, 0.2) is 0 Å². The normalized spacial score (nSPS) is 29.1. The molecule has 2 aliphatic rings. The molecule has 2 fully saturated rings. The monoisotopic (exact) mass is 342 g/mol. The smallest absolute Gasteiger partial charge is 0.0332 e. The fourth-order valence-corrected chi connectivity index (χ4v) is 4.54. The molecule has 0 amide bonds. The van der Waals surface area contributed by atoms with Crippen LogP contribution in [0.25, 0.3) is 0 Å². The van der Waals surface area contributed by atoms with Crippen molar-refractivity contribution in [3.63, 3.8) is 0 Å². The van der Waals surface area contributed by atoms with Crippen LogP contribution < -0.4 is 5.32 Å². The van der Waals surface area contributed by atoms with E-state index in [-0.39, 0.29) is 0 Å². The lowest BCUT2D eigenvalue weighted by Crippen LogP contribution is -2.58. The lowest BCUT2D eigenvalue weighted by molar-refractivity contribution is 0.0936. The lowest BCUT2D eigenvalue weighted by atomic mass is 9.97. The van der Waals surface area contributed by atoms with E-state index < -0.39 is 0 Å². The second kappa shape index (κ2) is 5.84. The van der Waals surface area contributed by atoms with Gasteiger partial charge in [-0.15, -0.1) is 11.3 Å². The molecular formula is C15H23BrN2S. The number of nitrogens with one attached hydrogen (secondary N) is 1. The molecule has 1 saturated carbocycles. The van der Waals surface area contributed by atoms with E-state index in [2.05, 4.69) is 51.4 Å². The summed E-state index contributed by atoms with van der Waals surface area (Å²) in [4.78, 5) is 4.22. The number of rotatable bonds is 4. The Kier molecular flexibility index (Phi) is 4.32. The number of hydrogen-bond donors (Lipinski definition) is 1. The van der Waals surface area contributed by atoms with Crippen LogP contribution in [0.3, 0.4) is 0 Å². The van der Waals surface area contributed by atoms with Crippen molar-refractivity contribution in [3.8, 4) is 0 Å². The Hall–Kier alpha value is 0.1000. The fourth-order valence-electron chi connectivity index (χ4n) is 3.06. The van der Waals surface area contributed by atoms with Crippen molar-refractivity contribution in [2.45, 2.75) is 45.3 Å². The molecule has 1 aromatic heterocycles. The summed E-state index contributed by atoms with van der Waals surface area (Å²) < 4.78 is 1.23. The Balaban J connectivity index is 1.69. The van der Waals surface area contributed by atoms with Crippen LogP contribution in [0.4, 0.5) is 0 Å². The lowest BCUT2D eigenvalue weighted by Gasteiger charge is -2.42.